The number of ether oxygens (including phenoxy) is 1. The molecule has 1 aliphatic heterocycles. The minimum atomic E-state index is -0.318. The molecular weight excluding hydrogens is 116 g/mol. The molecular formula is C7H13O2. The van der Waals surface area contributed by atoms with Gasteiger partial charge in [0, 0.05) is 6.61 Å². The van der Waals surface area contributed by atoms with Crippen molar-refractivity contribution in [1.29, 1.82) is 0 Å². The summed E-state index contributed by atoms with van der Waals surface area (Å²) in [5, 5.41) is 9.03. The van der Waals surface area contributed by atoms with Crippen molar-refractivity contribution in [1.82, 2.24) is 0 Å². The van der Waals surface area contributed by atoms with E-state index in [4.69, 9.17) is 9.84 Å². The van der Waals surface area contributed by atoms with Gasteiger partial charge < -0.3 is 9.84 Å². The van der Waals surface area contributed by atoms with Crippen molar-refractivity contribution in [2.75, 3.05) is 6.61 Å². The van der Waals surface area contributed by atoms with Gasteiger partial charge in [-0.1, -0.05) is 0 Å². The fourth-order valence-corrected chi connectivity index (χ4v) is 0.989. The molecule has 2 nitrogen and oxygen atoms in total. The van der Waals surface area contributed by atoms with E-state index in [2.05, 4.69) is 6.42 Å². The van der Waals surface area contributed by atoms with Gasteiger partial charge in [-0.25, -0.2) is 0 Å². The van der Waals surface area contributed by atoms with Crippen LogP contribution in [0.25, 0.3) is 0 Å². The molecule has 0 aliphatic carbocycles. The molecule has 0 amide bonds. The van der Waals surface area contributed by atoms with E-state index < -0.39 is 0 Å². The van der Waals surface area contributed by atoms with Crippen LogP contribution < -0.4 is 0 Å². The molecule has 1 aliphatic rings. The van der Waals surface area contributed by atoms with Crippen LogP contribution in [0.15, 0.2) is 0 Å². The molecule has 1 saturated heterocycles. The summed E-state index contributed by atoms with van der Waals surface area (Å²) in [4.78, 5) is 0. The molecule has 2 heteroatoms. The second-order valence-corrected chi connectivity index (χ2v) is 2.46. The predicted molar refractivity (Wildman–Crippen MR) is 35.0 cm³/mol. The van der Waals surface area contributed by atoms with Crippen molar-refractivity contribution in [2.45, 2.75) is 32.0 Å². The van der Waals surface area contributed by atoms with Crippen LogP contribution in [0, 0.1) is 6.42 Å². The van der Waals surface area contributed by atoms with Gasteiger partial charge in [0.05, 0.1) is 12.2 Å². The number of aliphatic hydroxyl groups is 1. The molecule has 0 spiro atoms. The lowest BCUT2D eigenvalue weighted by Crippen LogP contribution is -2.29. The van der Waals surface area contributed by atoms with Gasteiger partial charge in [-0.3, -0.25) is 0 Å². The fraction of sp³-hybridized carbons (Fsp3) is 0.857. The Hall–Kier alpha value is -0.0800. The maximum Gasteiger partial charge on any atom is 0.0833 e. The smallest absolute Gasteiger partial charge is 0.0833 e. The van der Waals surface area contributed by atoms with Crippen LogP contribution in [0.4, 0.5) is 0 Å². The zero-order chi connectivity index (χ0) is 6.69. The predicted octanol–water partition coefficient (Wildman–Crippen LogP) is 0.750. The molecule has 0 aromatic rings. The number of hydrogen-bond acceptors (Lipinski definition) is 2. The molecule has 2 unspecified atom stereocenters. The zero-order valence-electron chi connectivity index (χ0n) is 5.71. The third kappa shape index (κ3) is 1.95. The Morgan fingerprint density at radius 3 is 2.89 bits per heavy atom. The Kier molecular flexibility index (Phi) is 2.49. The highest BCUT2D eigenvalue weighted by atomic mass is 16.5. The van der Waals surface area contributed by atoms with Crippen LogP contribution in [0.1, 0.15) is 19.8 Å². The van der Waals surface area contributed by atoms with Gasteiger partial charge in [0.15, 0.2) is 0 Å². The fourth-order valence-electron chi connectivity index (χ4n) is 0.989. The van der Waals surface area contributed by atoms with Crippen molar-refractivity contribution >= 4 is 0 Å². The standard InChI is InChI=1S/C7H13O2/c1-6(8)7-4-2-3-5-9-7/h2,6-8H,3-5H2,1H3. The molecule has 53 valence electrons. The van der Waals surface area contributed by atoms with Gasteiger partial charge in [0.25, 0.3) is 0 Å². The van der Waals surface area contributed by atoms with Crippen LogP contribution in [0.3, 0.4) is 0 Å². The van der Waals surface area contributed by atoms with Gasteiger partial charge in [-0.2, -0.15) is 0 Å². The first-order valence-corrected chi connectivity index (χ1v) is 3.42. The van der Waals surface area contributed by atoms with E-state index in [9.17, 15) is 0 Å². The summed E-state index contributed by atoms with van der Waals surface area (Å²) in [5.41, 5.74) is 0. The summed E-state index contributed by atoms with van der Waals surface area (Å²) in [6, 6.07) is 0. The Labute approximate surface area is 55.8 Å². The average molecular weight is 129 g/mol. The van der Waals surface area contributed by atoms with Gasteiger partial charge in [-0.05, 0) is 26.2 Å². The monoisotopic (exact) mass is 129 g/mol. The van der Waals surface area contributed by atoms with Crippen LogP contribution in [-0.4, -0.2) is 23.9 Å². The third-order valence-corrected chi connectivity index (χ3v) is 1.59. The Balaban J connectivity index is 2.23. The van der Waals surface area contributed by atoms with Gasteiger partial charge in [0.1, 0.15) is 0 Å². The highest BCUT2D eigenvalue weighted by Crippen LogP contribution is 2.14. The SMILES string of the molecule is CC(O)C1C[CH]CCO1. The molecule has 0 saturated carbocycles. The molecule has 0 aromatic heterocycles. The first-order chi connectivity index (χ1) is 4.30. The zero-order valence-corrected chi connectivity index (χ0v) is 5.71. The molecule has 9 heavy (non-hydrogen) atoms. The van der Waals surface area contributed by atoms with Crippen LogP contribution in [0.2, 0.25) is 0 Å². The van der Waals surface area contributed by atoms with Crippen molar-refractivity contribution < 1.29 is 9.84 Å². The maximum atomic E-state index is 9.03. The molecule has 0 bridgehead atoms. The molecule has 1 heterocycles. The summed E-state index contributed by atoms with van der Waals surface area (Å²) >= 11 is 0. The largest absolute Gasteiger partial charge is 0.391 e. The topological polar surface area (TPSA) is 29.5 Å². The third-order valence-electron chi connectivity index (χ3n) is 1.59. The quantitative estimate of drug-likeness (QED) is 0.566. The first-order valence-electron chi connectivity index (χ1n) is 3.42. The van der Waals surface area contributed by atoms with Crippen LogP contribution in [-0.2, 0) is 4.74 Å². The second-order valence-electron chi connectivity index (χ2n) is 2.46. The highest BCUT2D eigenvalue weighted by Gasteiger charge is 2.17. The number of rotatable bonds is 1. The Morgan fingerprint density at radius 1 is 1.78 bits per heavy atom. The average Bonchev–Trinajstić information content (AvgIpc) is 1.90. The normalized spacial score (nSPS) is 32.0. The van der Waals surface area contributed by atoms with Gasteiger partial charge >= 0.3 is 0 Å². The summed E-state index contributed by atoms with van der Waals surface area (Å²) in [6.07, 6.45) is 3.84. The molecule has 2 atom stereocenters. The van der Waals surface area contributed by atoms with Crippen molar-refractivity contribution in [3.05, 3.63) is 6.42 Å². The number of hydrogen-bond donors (Lipinski definition) is 1. The van der Waals surface area contributed by atoms with Crippen LogP contribution >= 0.6 is 0 Å². The summed E-state index contributed by atoms with van der Waals surface area (Å²) in [7, 11) is 0. The summed E-state index contributed by atoms with van der Waals surface area (Å²) in [5.74, 6) is 0. The molecule has 1 radical (unpaired) electrons. The lowest BCUT2D eigenvalue weighted by molar-refractivity contribution is -0.0421. The second kappa shape index (κ2) is 3.18. The number of aliphatic hydroxyl groups excluding tert-OH is 1. The molecule has 1 rings (SSSR count). The lowest BCUT2D eigenvalue weighted by atomic mass is 10.1. The van der Waals surface area contributed by atoms with Gasteiger partial charge in [-0.15, -0.1) is 0 Å². The van der Waals surface area contributed by atoms with Gasteiger partial charge in [0.2, 0.25) is 0 Å². The molecule has 1 N–H and O–H groups in total. The first kappa shape index (κ1) is 7.03. The van der Waals surface area contributed by atoms with Crippen molar-refractivity contribution in [3.8, 4) is 0 Å². The minimum Gasteiger partial charge on any atom is -0.391 e. The molecule has 1 fully saturated rings. The van der Waals surface area contributed by atoms with E-state index in [0.717, 1.165) is 19.4 Å². The lowest BCUT2D eigenvalue weighted by Gasteiger charge is -2.24. The Morgan fingerprint density at radius 2 is 2.56 bits per heavy atom. The van der Waals surface area contributed by atoms with E-state index in [-0.39, 0.29) is 12.2 Å². The summed E-state index contributed by atoms with van der Waals surface area (Å²) < 4.78 is 5.26. The Bertz CT molecular complexity index is 75.0. The van der Waals surface area contributed by atoms with Crippen molar-refractivity contribution in [3.63, 3.8) is 0 Å². The minimum absolute atomic E-state index is 0.0544. The highest BCUT2D eigenvalue weighted by molar-refractivity contribution is 4.78. The maximum absolute atomic E-state index is 9.03. The van der Waals surface area contributed by atoms with Crippen LogP contribution in [0.5, 0.6) is 0 Å². The van der Waals surface area contributed by atoms with Crippen molar-refractivity contribution in [2.24, 2.45) is 0 Å². The van der Waals surface area contributed by atoms with E-state index >= 15 is 0 Å². The molecule has 0 aromatic carbocycles. The summed E-state index contributed by atoms with van der Waals surface area (Å²) in [6.45, 7) is 2.54. The van der Waals surface area contributed by atoms with E-state index in [0.29, 0.717) is 0 Å². The van der Waals surface area contributed by atoms with E-state index in [1.807, 2.05) is 0 Å². The van der Waals surface area contributed by atoms with E-state index in [1.165, 1.54) is 0 Å². The van der Waals surface area contributed by atoms with E-state index in [1.54, 1.807) is 6.92 Å².